The minimum absolute atomic E-state index is 0.0560. The van der Waals surface area contributed by atoms with Crippen LogP contribution in [-0.2, 0) is 11.3 Å². The summed E-state index contributed by atoms with van der Waals surface area (Å²) in [6, 6.07) is 4.03. The van der Waals surface area contributed by atoms with Crippen LogP contribution in [0.1, 0.15) is 36.0 Å². The third kappa shape index (κ3) is 3.22. The Hall–Kier alpha value is -0.710. The third-order valence-corrected chi connectivity index (χ3v) is 5.73. The number of rotatable bonds is 3. The molecule has 3 rings (SSSR count). The summed E-state index contributed by atoms with van der Waals surface area (Å²) in [5.74, 6) is 3.30. The Morgan fingerprint density at radius 1 is 1.38 bits per heavy atom. The number of ether oxygens (including phenoxy) is 2. The number of thioether (sulfide) groups is 1. The normalized spacial score (nSPS) is 29.0. The van der Waals surface area contributed by atoms with E-state index >= 15 is 0 Å². The lowest BCUT2D eigenvalue weighted by Gasteiger charge is -2.38. The molecule has 2 aliphatic rings. The van der Waals surface area contributed by atoms with E-state index in [1.165, 1.54) is 5.75 Å². The molecule has 116 valence electrons. The summed E-state index contributed by atoms with van der Waals surface area (Å²) < 4.78 is 12.4. The van der Waals surface area contributed by atoms with Gasteiger partial charge in [-0.15, -0.1) is 0 Å². The molecule has 2 heterocycles. The molecular formula is C17H24O3S. The molecule has 0 saturated carbocycles. The first-order chi connectivity index (χ1) is 10.1. The van der Waals surface area contributed by atoms with Crippen molar-refractivity contribution >= 4 is 11.8 Å². The zero-order valence-corrected chi connectivity index (χ0v) is 13.7. The Labute approximate surface area is 131 Å². The van der Waals surface area contributed by atoms with Crippen LogP contribution in [0.3, 0.4) is 0 Å². The second kappa shape index (κ2) is 6.19. The topological polar surface area (TPSA) is 38.7 Å². The van der Waals surface area contributed by atoms with Gasteiger partial charge in [-0.05, 0) is 42.7 Å². The number of aliphatic hydroxyl groups is 1. The predicted octanol–water partition coefficient (Wildman–Crippen LogP) is 3.23. The first-order valence-corrected chi connectivity index (χ1v) is 8.87. The Bertz CT molecular complexity index is 486. The highest BCUT2D eigenvalue weighted by Gasteiger charge is 2.41. The van der Waals surface area contributed by atoms with E-state index in [2.05, 4.69) is 13.8 Å². The maximum atomic E-state index is 9.28. The molecule has 0 aromatic heterocycles. The molecule has 1 aromatic carbocycles. The Balaban J connectivity index is 1.74. The minimum Gasteiger partial charge on any atom is -0.490 e. The van der Waals surface area contributed by atoms with E-state index in [-0.39, 0.29) is 18.3 Å². The molecule has 1 aromatic rings. The highest BCUT2D eigenvalue weighted by atomic mass is 32.2. The van der Waals surface area contributed by atoms with Gasteiger partial charge in [-0.25, -0.2) is 0 Å². The van der Waals surface area contributed by atoms with E-state index < -0.39 is 0 Å². The van der Waals surface area contributed by atoms with Crippen LogP contribution >= 0.6 is 11.8 Å². The molecule has 1 N–H and O–H groups in total. The molecule has 0 radical (unpaired) electrons. The predicted molar refractivity (Wildman–Crippen MR) is 86.1 cm³/mol. The fourth-order valence-corrected chi connectivity index (χ4v) is 4.81. The second-order valence-corrected chi connectivity index (χ2v) is 7.39. The van der Waals surface area contributed by atoms with Crippen LogP contribution in [0.4, 0.5) is 0 Å². The smallest absolute Gasteiger partial charge is 0.125 e. The van der Waals surface area contributed by atoms with E-state index in [1.54, 1.807) is 0 Å². The average molecular weight is 308 g/mol. The fourth-order valence-electron chi connectivity index (χ4n) is 3.43. The standard InChI is InChI=1S/C17H24O3S/c1-12-7-14(10-18)8-13(2)16(12)20-15-3-5-19-17(9-15)4-6-21-11-17/h7-8,15,18H,3-6,9-11H2,1-2H3. The molecule has 2 unspecified atom stereocenters. The lowest BCUT2D eigenvalue weighted by Crippen LogP contribution is -2.44. The van der Waals surface area contributed by atoms with Gasteiger partial charge >= 0.3 is 0 Å². The maximum absolute atomic E-state index is 9.28. The summed E-state index contributed by atoms with van der Waals surface area (Å²) in [5.41, 5.74) is 3.23. The minimum atomic E-state index is 0.0560. The molecule has 0 bridgehead atoms. The van der Waals surface area contributed by atoms with Crippen molar-refractivity contribution in [2.45, 2.75) is 51.4 Å². The maximum Gasteiger partial charge on any atom is 0.125 e. The van der Waals surface area contributed by atoms with Crippen LogP contribution in [0.15, 0.2) is 12.1 Å². The number of hydrogen-bond acceptors (Lipinski definition) is 4. The van der Waals surface area contributed by atoms with Gasteiger partial charge < -0.3 is 14.6 Å². The van der Waals surface area contributed by atoms with E-state index in [9.17, 15) is 5.11 Å². The number of aliphatic hydroxyl groups excluding tert-OH is 1. The summed E-state index contributed by atoms with van der Waals surface area (Å²) in [6.07, 6.45) is 3.36. The monoisotopic (exact) mass is 308 g/mol. The molecule has 3 nitrogen and oxygen atoms in total. The summed E-state index contributed by atoms with van der Waals surface area (Å²) >= 11 is 1.99. The highest BCUT2D eigenvalue weighted by Crippen LogP contribution is 2.40. The van der Waals surface area contributed by atoms with Crippen molar-refractivity contribution in [1.29, 1.82) is 0 Å². The SMILES string of the molecule is Cc1cc(CO)cc(C)c1OC1CCOC2(CCSC2)C1. The average Bonchev–Trinajstić information content (AvgIpc) is 2.90. The van der Waals surface area contributed by atoms with Gasteiger partial charge in [0.05, 0.1) is 18.8 Å². The van der Waals surface area contributed by atoms with Crippen LogP contribution in [0.5, 0.6) is 5.75 Å². The second-order valence-electron chi connectivity index (χ2n) is 6.28. The van der Waals surface area contributed by atoms with Gasteiger partial charge in [0.25, 0.3) is 0 Å². The third-order valence-electron chi connectivity index (χ3n) is 4.50. The van der Waals surface area contributed by atoms with E-state index in [4.69, 9.17) is 9.47 Å². The van der Waals surface area contributed by atoms with Crippen LogP contribution in [0.25, 0.3) is 0 Å². The van der Waals surface area contributed by atoms with Gasteiger partial charge in [0.15, 0.2) is 0 Å². The summed E-state index contributed by atoms with van der Waals surface area (Å²) in [7, 11) is 0. The van der Waals surface area contributed by atoms with Gasteiger partial charge in [0.2, 0.25) is 0 Å². The highest BCUT2D eigenvalue weighted by molar-refractivity contribution is 7.99. The van der Waals surface area contributed by atoms with Crippen molar-refractivity contribution in [3.05, 3.63) is 28.8 Å². The van der Waals surface area contributed by atoms with Gasteiger partial charge in [-0.2, -0.15) is 11.8 Å². The zero-order chi connectivity index (χ0) is 14.9. The van der Waals surface area contributed by atoms with E-state index in [1.807, 2.05) is 23.9 Å². The van der Waals surface area contributed by atoms with Gasteiger partial charge in [-0.3, -0.25) is 0 Å². The van der Waals surface area contributed by atoms with Crippen molar-refractivity contribution in [2.24, 2.45) is 0 Å². The van der Waals surface area contributed by atoms with Gasteiger partial charge in [0.1, 0.15) is 11.9 Å². The number of benzene rings is 1. The molecule has 1 spiro atoms. The molecule has 2 atom stereocenters. The van der Waals surface area contributed by atoms with Gasteiger partial charge in [0, 0.05) is 18.6 Å². The van der Waals surface area contributed by atoms with Crippen molar-refractivity contribution in [2.75, 3.05) is 18.1 Å². The van der Waals surface area contributed by atoms with Gasteiger partial charge in [-0.1, -0.05) is 12.1 Å². The quantitative estimate of drug-likeness (QED) is 0.930. The zero-order valence-electron chi connectivity index (χ0n) is 12.9. The lowest BCUT2D eigenvalue weighted by atomic mass is 9.91. The molecular weight excluding hydrogens is 284 g/mol. The largest absolute Gasteiger partial charge is 0.490 e. The summed E-state index contributed by atoms with van der Waals surface area (Å²) in [4.78, 5) is 0. The molecule has 4 heteroatoms. The molecule has 21 heavy (non-hydrogen) atoms. The van der Waals surface area contributed by atoms with Crippen molar-refractivity contribution < 1.29 is 14.6 Å². The molecule has 2 saturated heterocycles. The first-order valence-electron chi connectivity index (χ1n) is 7.71. The molecule has 2 aliphatic heterocycles. The van der Waals surface area contributed by atoms with Crippen molar-refractivity contribution in [3.8, 4) is 5.75 Å². The van der Waals surface area contributed by atoms with Crippen molar-refractivity contribution in [3.63, 3.8) is 0 Å². The summed E-state index contributed by atoms with van der Waals surface area (Å²) in [5, 5.41) is 9.28. The van der Waals surface area contributed by atoms with Crippen LogP contribution < -0.4 is 4.74 Å². The Morgan fingerprint density at radius 2 is 2.14 bits per heavy atom. The van der Waals surface area contributed by atoms with Crippen LogP contribution in [-0.4, -0.2) is 34.9 Å². The van der Waals surface area contributed by atoms with Crippen LogP contribution in [0.2, 0.25) is 0 Å². The number of aryl methyl sites for hydroxylation is 2. The summed E-state index contributed by atoms with van der Waals surface area (Å²) in [6.45, 7) is 5.00. The molecule has 2 fully saturated rings. The van der Waals surface area contributed by atoms with Crippen molar-refractivity contribution in [1.82, 2.24) is 0 Å². The Morgan fingerprint density at radius 3 is 2.76 bits per heavy atom. The number of hydrogen-bond donors (Lipinski definition) is 1. The molecule has 0 amide bonds. The Kier molecular flexibility index (Phi) is 4.48. The van der Waals surface area contributed by atoms with E-state index in [0.717, 1.165) is 54.1 Å². The first kappa shape index (κ1) is 15.2. The van der Waals surface area contributed by atoms with E-state index in [0.29, 0.717) is 0 Å². The van der Waals surface area contributed by atoms with Crippen LogP contribution in [0, 0.1) is 13.8 Å². The fraction of sp³-hybridized carbons (Fsp3) is 0.647. The lowest BCUT2D eigenvalue weighted by molar-refractivity contribution is -0.0961. The molecule has 0 aliphatic carbocycles.